The van der Waals surface area contributed by atoms with Crippen LogP contribution in [0.3, 0.4) is 0 Å². The van der Waals surface area contributed by atoms with Crippen molar-refractivity contribution in [3.8, 4) is 0 Å². The molecule has 33 heavy (non-hydrogen) atoms. The molecule has 1 atom stereocenters. The molecule has 0 N–H and O–H groups in total. The van der Waals surface area contributed by atoms with Crippen molar-refractivity contribution in [3.63, 3.8) is 0 Å². The number of rotatable bonds is 3. The van der Waals surface area contributed by atoms with Gasteiger partial charge in [-0.2, -0.15) is 0 Å². The fourth-order valence-corrected chi connectivity index (χ4v) is 5.97. The van der Waals surface area contributed by atoms with E-state index in [2.05, 4.69) is 102 Å². The smallest absolute Gasteiger partial charge is 0.0542 e. The van der Waals surface area contributed by atoms with Crippen LogP contribution >= 0.6 is 0 Å². The van der Waals surface area contributed by atoms with Crippen LogP contribution in [-0.2, 0) is 32.4 Å². The number of allylic oxidation sites excluding steroid dienone is 1. The molecule has 0 spiro atoms. The van der Waals surface area contributed by atoms with E-state index in [1.807, 2.05) is 0 Å². The van der Waals surface area contributed by atoms with E-state index in [4.69, 9.17) is 0 Å². The Morgan fingerprint density at radius 2 is 1.70 bits per heavy atom. The Morgan fingerprint density at radius 1 is 0.818 bits per heavy atom. The SMILES string of the molecule is CN1C=CCc2ccc(CN3CCc4ccc(C5CCc6ccccc6N5C)cc4C3)cc21. The van der Waals surface area contributed by atoms with Gasteiger partial charge in [0, 0.05) is 51.3 Å². The second kappa shape index (κ2) is 8.39. The van der Waals surface area contributed by atoms with Gasteiger partial charge in [-0.15, -0.1) is 0 Å². The van der Waals surface area contributed by atoms with Crippen molar-refractivity contribution in [1.29, 1.82) is 0 Å². The first-order valence-corrected chi connectivity index (χ1v) is 12.3. The van der Waals surface area contributed by atoms with E-state index in [1.54, 1.807) is 0 Å². The minimum absolute atomic E-state index is 0.463. The number of hydrogen-bond donors (Lipinski definition) is 0. The first-order chi connectivity index (χ1) is 16.2. The normalized spacial score (nSPS) is 19.8. The molecule has 3 nitrogen and oxygen atoms in total. The first kappa shape index (κ1) is 20.6. The summed E-state index contributed by atoms with van der Waals surface area (Å²) in [5.74, 6) is 0. The summed E-state index contributed by atoms with van der Waals surface area (Å²) >= 11 is 0. The summed E-state index contributed by atoms with van der Waals surface area (Å²) < 4.78 is 0. The van der Waals surface area contributed by atoms with Crippen LogP contribution in [0.2, 0.25) is 0 Å². The molecule has 3 heteroatoms. The molecule has 6 rings (SSSR count). The largest absolute Gasteiger partial charge is 0.367 e. The standard InChI is InChI=1S/C30H33N3/c1-31-16-5-7-25-10-9-22(18-30(25)31)20-33-17-15-23-11-12-26(19-27(23)21-33)29-14-13-24-6-3-4-8-28(24)32(29)2/h3-6,8-12,16,18-19,29H,7,13-15,17,20-21H2,1-2H3. The Balaban J connectivity index is 1.20. The van der Waals surface area contributed by atoms with Crippen LogP contribution in [0.25, 0.3) is 0 Å². The zero-order valence-corrected chi connectivity index (χ0v) is 19.8. The highest BCUT2D eigenvalue weighted by molar-refractivity contribution is 5.60. The molecule has 0 saturated heterocycles. The molecular formula is C30H33N3. The lowest BCUT2D eigenvalue weighted by atomic mass is 9.89. The van der Waals surface area contributed by atoms with Gasteiger partial charge >= 0.3 is 0 Å². The van der Waals surface area contributed by atoms with Crippen molar-refractivity contribution in [1.82, 2.24) is 4.90 Å². The summed E-state index contributed by atoms with van der Waals surface area (Å²) in [7, 11) is 4.41. The Kier molecular flexibility index (Phi) is 5.22. The summed E-state index contributed by atoms with van der Waals surface area (Å²) in [6, 6.07) is 23.7. The molecule has 3 aliphatic heterocycles. The van der Waals surface area contributed by atoms with Gasteiger partial charge in [0.15, 0.2) is 0 Å². The highest BCUT2D eigenvalue weighted by Gasteiger charge is 2.26. The van der Waals surface area contributed by atoms with Crippen LogP contribution in [0, 0.1) is 0 Å². The van der Waals surface area contributed by atoms with Crippen molar-refractivity contribution in [3.05, 3.63) is 106 Å². The average Bonchev–Trinajstić information content (AvgIpc) is 2.85. The van der Waals surface area contributed by atoms with E-state index < -0.39 is 0 Å². The third-order valence-electron chi connectivity index (χ3n) is 7.84. The van der Waals surface area contributed by atoms with E-state index in [0.717, 1.165) is 38.9 Å². The molecule has 0 saturated carbocycles. The fourth-order valence-electron chi connectivity index (χ4n) is 5.97. The van der Waals surface area contributed by atoms with E-state index in [9.17, 15) is 0 Å². The Bertz CT molecular complexity index is 1210. The second-order valence-corrected chi connectivity index (χ2v) is 9.95. The molecule has 3 heterocycles. The number of fused-ring (bicyclic) bond motifs is 3. The molecule has 1 unspecified atom stereocenters. The third kappa shape index (κ3) is 3.85. The molecule has 0 bridgehead atoms. The van der Waals surface area contributed by atoms with Crippen LogP contribution in [0.1, 0.15) is 45.8 Å². The van der Waals surface area contributed by atoms with Crippen LogP contribution in [0.15, 0.2) is 72.9 Å². The molecule has 3 aliphatic rings. The zero-order chi connectivity index (χ0) is 22.4. The third-order valence-corrected chi connectivity index (χ3v) is 7.84. The minimum Gasteiger partial charge on any atom is -0.367 e. The van der Waals surface area contributed by atoms with Crippen LogP contribution < -0.4 is 9.80 Å². The summed E-state index contributed by atoms with van der Waals surface area (Å²) in [6.07, 6.45) is 8.96. The highest BCUT2D eigenvalue weighted by atomic mass is 15.1. The maximum absolute atomic E-state index is 2.62. The second-order valence-electron chi connectivity index (χ2n) is 9.95. The Hall–Kier alpha value is -3.04. The number of para-hydroxylation sites is 1. The first-order valence-electron chi connectivity index (χ1n) is 12.3. The zero-order valence-electron chi connectivity index (χ0n) is 19.8. The van der Waals surface area contributed by atoms with E-state index in [1.165, 1.54) is 51.2 Å². The Labute approximate surface area is 197 Å². The molecule has 0 fully saturated rings. The van der Waals surface area contributed by atoms with Crippen molar-refractivity contribution in [2.75, 3.05) is 30.4 Å². The van der Waals surface area contributed by atoms with Crippen LogP contribution in [-0.4, -0.2) is 25.5 Å². The minimum atomic E-state index is 0.463. The van der Waals surface area contributed by atoms with E-state index >= 15 is 0 Å². The number of hydrogen-bond acceptors (Lipinski definition) is 3. The fraction of sp³-hybridized carbons (Fsp3) is 0.333. The van der Waals surface area contributed by atoms with Crippen LogP contribution in [0.5, 0.6) is 0 Å². The number of aryl methyl sites for hydroxylation is 1. The maximum atomic E-state index is 2.62. The lowest BCUT2D eigenvalue weighted by Gasteiger charge is -2.37. The van der Waals surface area contributed by atoms with Gasteiger partial charge in [0.1, 0.15) is 0 Å². The van der Waals surface area contributed by atoms with Gasteiger partial charge in [-0.25, -0.2) is 0 Å². The molecule has 168 valence electrons. The molecule has 0 aromatic heterocycles. The molecule has 3 aromatic rings. The van der Waals surface area contributed by atoms with Crippen LogP contribution in [0.4, 0.5) is 11.4 Å². The summed E-state index contributed by atoms with van der Waals surface area (Å²) in [5.41, 5.74) is 11.6. The Morgan fingerprint density at radius 3 is 2.64 bits per heavy atom. The van der Waals surface area contributed by atoms with Crippen molar-refractivity contribution >= 4 is 11.4 Å². The summed E-state index contributed by atoms with van der Waals surface area (Å²) in [5, 5.41) is 0. The highest BCUT2D eigenvalue weighted by Crippen LogP contribution is 2.38. The topological polar surface area (TPSA) is 9.72 Å². The molecule has 3 aromatic carbocycles. The van der Waals surface area contributed by atoms with Gasteiger partial charge in [0.25, 0.3) is 0 Å². The van der Waals surface area contributed by atoms with Gasteiger partial charge in [0.2, 0.25) is 0 Å². The lowest BCUT2D eigenvalue weighted by Crippen LogP contribution is -2.32. The quantitative estimate of drug-likeness (QED) is 0.509. The molecular weight excluding hydrogens is 402 g/mol. The summed E-state index contributed by atoms with van der Waals surface area (Å²) in [6.45, 7) is 3.20. The van der Waals surface area contributed by atoms with Crippen molar-refractivity contribution in [2.24, 2.45) is 0 Å². The molecule has 0 aliphatic carbocycles. The van der Waals surface area contributed by atoms with Gasteiger partial charge in [-0.05, 0) is 71.2 Å². The molecule has 0 radical (unpaired) electrons. The van der Waals surface area contributed by atoms with Gasteiger partial charge in [-0.3, -0.25) is 4.90 Å². The van der Waals surface area contributed by atoms with Crippen molar-refractivity contribution < 1.29 is 0 Å². The maximum Gasteiger partial charge on any atom is 0.0542 e. The number of anilines is 2. The van der Waals surface area contributed by atoms with Gasteiger partial charge in [-0.1, -0.05) is 54.6 Å². The predicted molar refractivity (Wildman–Crippen MR) is 138 cm³/mol. The predicted octanol–water partition coefficient (Wildman–Crippen LogP) is 5.87. The van der Waals surface area contributed by atoms with Crippen molar-refractivity contribution in [2.45, 2.75) is 44.8 Å². The van der Waals surface area contributed by atoms with Gasteiger partial charge in [0.05, 0.1) is 6.04 Å². The molecule has 0 amide bonds. The average molecular weight is 436 g/mol. The number of nitrogens with zero attached hydrogens (tertiary/aromatic N) is 3. The lowest BCUT2D eigenvalue weighted by molar-refractivity contribution is 0.245. The van der Waals surface area contributed by atoms with Gasteiger partial charge < -0.3 is 9.80 Å². The monoisotopic (exact) mass is 435 g/mol. The van der Waals surface area contributed by atoms with E-state index in [0.29, 0.717) is 6.04 Å². The number of benzene rings is 3. The van der Waals surface area contributed by atoms with E-state index in [-0.39, 0.29) is 0 Å². The summed E-state index contributed by atoms with van der Waals surface area (Å²) in [4.78, 5) is 7.35.